The number of hydrogen-bond donors (Lipinski definition) is 2. The summed E-state index contributed by atoms with van der Waals surface area (Å²) in [4.78, 5) is 38.9. The van der Waals surface area contributed by atoms with Crippen LogP contribution in [0.3, 0.4) is 0 Å². The highest BCUT2D eigenvalue weighted by Gasteiger charge is 2.45. The first kappa shape index (κ1) is 18.0. The van der Waals surface area contributed by atoms with Gasteiger partial charge in [0.15, 0.2) is 0 Å². The molecule has 1 unspecified atom stereocenters. The van der Waals surface area contributed by atoms with Crippen LogP contribution in [-0.4, -0.2) is 52.4 Å². The number of benzene rings is 1. The first-order valence-corrected chi connectivity index (χ1v) is 8.68. The number of nitrogens with one attached hydrogen (secondary N) is 2. The molecule has 3 amide bonds. The molecule has 0 aliphatic carbocycles. The second kappa shape index (κ2) is 6.48. The van der Waals surface area contributed by atoms with Crippen LogP contribution in [0.4, 0.5) is 0 Å². The largest absolute Gasteiger partial charge is 0.352 e. The smallest absolute Gasteiger partial charge is 0.271 e. The van der Waals surface area contributed by atoms with E-state index in [9.17, 15) is 14.4 Å². The number of carbonyl (C=O) groups excluding carboxylic acids is 3. The summed E-state index contributed by atoms with van der Waals surface area (Å²) < 4.78 is 1.88. The van der Waals surface area contributed by atoms with E-state index in [0.29, 0.717) is 12.2 Å². The Bertz CT molecular complexity index is 886. The summed E-state index contributed by atoms with van der Waals surface area (Å²) in [6, 6.07) is 9.56. The molecular formula is C19H24N4O3. The monoisotopic (exact) mass is 356 g/mol. The summed E-state index contributed by atoms with van der Waals surface area (Å²) in [7, 11) is 1.62. The molecule has 0 saturated heterocycles. The minimum absolute atomic E-state index is 0.00252. The molecule has 3 rings (SSSR count). The van der Waals surface area contributed by atoms with Gasteiger partial charge in [-0.1, -0.05) is 18.2 Å². The minimum atomic E-state index is -1.08. The lowest BCUT2D eigenvalue weighted by molar-refractivity contribution is -0.134. The molecule has 2 aromatic rings. The van der Waals surface area contributed by atoms with Gasteiger partial charge in [0, 0.05) is 24.0 Å². The van der Waals surface area contributed by atoms with Gasteiger partial charge >= 0.3 is 0 Å². The van der Waals surface area contributed by atoms with Crippen molar-refractivity contribution in [1.82, 2.24) is 20.1 Å². The van der Waals surface area contributed by atoms with E-state index in [1.165, 1.54) is 4.90 Å². The zero-order valence-corrected chi connectivity index (χ0v) is 15.5. The zero-order valence-electron chi connectivity index (χ0n) is 15.5. The van der Waals surface area contributed by atoms with Gasteiger partial charge in [0.05, 0.1) is 13.1 Å². The van der Waals surface area contributed by atoms with Gasteiger partial charge in [0.1, 0.15) is 11.2 Å². The van der Waals surface area contributed by atoms with Crippen molar-refractivity contribution in [3.8, 4) is 0 Å². The number of likely N-dealkylation sites (N-methyl/N-ethyl adjacent to an activating group) is 1. The molecule has 2 N–H and O–H groups in total. The van der Waals surface area contributed by atoms with Crippen molar-refractivity contribution in [2.45, 2.75) is 38.9 Å². The van der Waals surface area contributed by atoms with Crippen LogP contribution in [0.2, 0.25) is 0 Å². The molecule has 1 aromatic heterocycles. The highest BCUT2D eigenvalue weighted by molar-refractivity contribution is 6.03. The van der Waals surface area contributed by atoms with Gasteiger partial charge in [0.2, 0.25) is 11.8 Å². The average molecular weight is 356 g/mol. The van der Waals surface area contributed by atoms with Gasteiger partial charge in [-0.3, -0.25) is 14.4 Å². The molecule has 0 saturated carbocycles. The number of fused-ring (bicyclic) bond motifs is 3. The molecule has 0 fully saturated rings. The van der Waals surface area contributed by atoms with Gasteiger partial charge in [-0.05, 0) is 32.9 Å². The van der Waals surface area contributed by atoms with Crippen LogP contribution in [0.5, 0.6) is 0 Å². The molecule has 1 aliphatic rings. The fourth-order valence-corrected chi connectivity index (χ4v) is 3.32. The summed E-state index contributed by atoms with van der Waals surface area (Å²) in [6.45, 7) is 5.64. The maximum Gasteiger partial charge on any atom is 0.271 e. The lowest BCUT2D eigenvalue weighted by Gasteiger charge is -2.41. The molecule has 0 bridgehead atoms. The highest BCUT2D eigenvalue weighted by Crippen LogP contribution is 2.31. The van der Waals surface area contributed by atoms with E-state index in [1.54, 1.807) is 14.0 Å². The predicted octanol–water partition coefficient (Wildman–Crippen LogP) is 1.13. The van der Waals surface area contributed by atoms with E-state index < -0.39 is 5.54 Å². The van der Waals surface area contributed by atoms with Gasteiger partial charge in [-0.15, -0.1) is 0 Å². The number of hydrogen-bond acceptors (Lipinski definition) is 3. The number of rotatable bonds is 4. The normalized spacial score (nSPS) is 19.6. The summed E-state index contributed by atoms with van der Waals surface area (Å²) in [5.74, 6) is -0.818. The molecule has 26 heavy (non-hydrogen) atoms. The second-order valence-corrected chi connectivity index (χ2v) is 7.22. The van der Waals surface area contributed by atoms with Crippen molar-refractivity contribution in [3.63, 3.8) is 0 Å². The first-order chi connectivity index (χ1) is 12.2. The van der Waals surface area contributed by atoms with E-state index in [4.69, 9.17) is 0 Å². The fraction of sp³-hybridized carbons (Fsp3) is 0.421. The molecule has 138 valence electrons. The Morgan fingerprint density at radius 2 is 1.96 bits per heavy atom. The number of nitrogens with zero attached hydrogens (tertiary/aromatic N) is 2. The Balaban J connectivity index is 1.86. The molecule has 7 nitrogen and oxygen atoms in total. The summed E-state index contributed by atoms with van der Waals surface area (Å²) in [5, 5.41) is 6.35. The third-order valence-corrected chi connectivity index (χ3v) is 4.89. The predicted molar refractivity (Wildman–Crippen MR) is 98.7 cm³/mol. The molecule has 1 aromatic carbocycles. The molecule has 1 aliphatic heterocycles. The number of carbonyl (C=O) groups is 3. The van der Waals surface area contributed by atoms with Crippen molar-refractivity contribution in [3.05, 3.63) is 36.0 Å². The Kier molecular flexibility index (Phi) is 4.48. The number of aromatic nitrogens is 1. The van der Waals surface area contributed by atoms with Gasteiger partial charge in [-0.2, -0.15) is 0 Å². The van der Waals surface area contributed by atoms with Crippen molar-refractivity contribution in [2.75, 3.05) is 13.6 Å². The van der Waals surface area contributed by atoms with Crippen molar-refractivity contribution >= 4 is 28.6 Å². The van der Waals surface area contributed by atoms with Crippen molar-refractivity contribution in [1.29, 1.82) is 0 Å². The summed E-state index contributed by atoms with van der Waals surface area (Å²) in [6.07, 6.45) is 0. The Hall–Kier alpha value is -2.83. The second-order valence-electron chi connectivity index (χ2n) is 7.22. The van der Waals surface area contributed by atoms with Crippen LogP contribution >= 0.6 is 0 Å². The Morgan fingerprint density at radius 1 is 1.27 bits per heavy atom. The van der Waals surface area contributed by atoms with E-state index in [1.807, 2.05) is 48.7 Å². The lowest BCUT2D eigenvalue weighted by Crippen LogP contribution is -2.63. The van der Waals surface area contributed by atoms with Crippen molar-refractivity contribution < 1.29 is 14.4 Å². The van der Waals surface area contributed by atoms with Gasteiger partial charge in [-0.25, -0.2) is 0 Å². The zero-order chi connectivity index (χ0) is 19.1. The first-order valence-electron chi connectivity index (χ1n) is 8.68. The fourth-order valence-electron chi connectivity index (χ4n) is 3.32. The number of amides is 3. The molecular weight excluding hydrogens is 332 g/mol. The van der Waals surface area contributed by atoms with Crippen LogP contribution in [0, 0.1) is 0 Å². The van der Waals surface area contributed by atoms with Gasteiger partial charge in [0.25, 0.3) is 5.91 Å². The molecule has 0 spiro atoms. The molecule has 7 heteroatoms. The van der Waals surface area contributed by atoms with Crippen LogP contribution in [0.15, 0.2) is 30.3 Å². The lowest BCUT2D eigenvalue weighted by atomic mass is 9.95. The average Bonchev–Trinajstić information content (AvgIpc) is 2.95. The number of para-hydroxylation sites is 1. The molecule has 1 atom stereocenters. The van der Waals surface area contributed by atoms with Gasteiger partial charge < -0.3 is 20.1 Å². The third-order valence-electron chi connectivity index (χ3n) is 4.89. The van der Waals surface area contributed by atoms with Crippen molar-refractivity contribution in [2.24, 2.45) is 0 Å². The van der Waals surface area contributed by atoms with Crippen LogP contribution < -0.4 is 10.6 Å². The van der Waals surface area contributed by atoms with E-state index >= 15 is 0 Å². The van der Waals surface area contributed by atoms with E-state index in [0.717, 1.165) is 10.9 Å². The van der Waals surface area contributed by atoms with Crippen LogP contribution in [0.1, 0.15) is 31.3 Å². The summed E-state index contributed by atoms with van der Waals surface area (Å²) in [5.41, 5.74) is 0.404. The minimum Gasteiger partial charge on any atom is -0.352 e. The molecule has 0 radical (unpaired) electrons. The SMILES string of the molecule is CC(C)NC(=O)CNC(=O)C1(C)Cn2c(cc3ccccc32)C(=O)N1C. The van der Waals surface area contributed by atoms with E-state index in [-0.39, 0.29) is 30.3 Å². The Labute approximate surface area is 152 Å². The quantitative estimate of drug-likeness (QED) is 0.861. The third kappa shape index (κ3) is 2.94. The maximum atomic E-state index is 12.8. The highest BCUT2D eigenvalue weighted by atomic mass is 16.2. The van der Waals surface area contributed by atoms with Crippen LogP contribution in [-0.2, 0) is 16.1 Å². The van der Waals surface area contributed by atoms with Crippen LogP contribution in [0.25, 0.3) is 10.9 Å². The maximum absolute atomic E-state index is 12.8. The molecule has 2 heterocycles. The standard InChI is InChI=1S/C19H24N4O3/c1-12(2)21-16(24)10-20-18(26)19(3)11-23-14-8-6-5-7-13(14)9-15(23)17(25)22(19)4/h5-9,12H,10-11H2,1-4H3,(H,20,26)(H,21,24). The Morgan fingerprint density at radius 3 is 2.65 bits per heavy atom. The van der Waals surface area contributed by atoms with E-state index in [2.05, 4.69) is 10.6 Å². The topological polar surface area (TPSA) is 83.4 Å². The summed E-state index contributed by atoms with van der Waals surface area (Å²) >= 11 is 0.